The van der Waals surface area contributed by atoms with Crippen molar-refractivity contribution in [1.29, 1.82) is 0 Å². The van der Waals surface area contributed by atoms with E-state index < -0.39 is 0 Å². The Hall–Kier alpha value is -2.37. The Labute approximate surface area is 111 Å². The molecule has 0 fully saturated rings. The number of hydrogen-bond acceptors (Lipinski definition) is 3. The summed E-state index contributed by atoms with van der Waals surface area (Å²) in [5, 5.41) is 7.86. The van der Waals surface area contributed by atoms with E-state index in [1.54, 1.807) is 24.3 Å². The normalized spacial score (nSPS) is 9.58. The molecule has 3 N–H and O–H groups in total. The lowest BCUT2D eigenvalue weighted by atomic mass is 10.2. The van der Waals surface area contributed by atoms with Crippen molar-refractivity contribution in [3.63, 3.8) is 0 Å². The van der Waals surface area contributed by atoms with Crippen LogP contribution in [0.5, 0.6) is 0 Å². The van der Waals surface area contributed by atoms with Crippen LogP contribution in [0.2, 0.25) is 0 Å². The molecule has 0 saturated heterocycles. The van der Waals surface area contributed by atoms with Crippen molar-refractivity contribution in [2.75, 3.05) is 17.2 Å². The highest BCUT2D eigenvalue weighted by Crippen LogP contribution is 2.15. The maximum atomic E-state index is 11.6. The largest absolute Gasteiger partial charge is 0.356 e. The molecule has 0 atom stereocenters. The fraction of sp³-hybridized carbons (Fsp3) is 0.308. The first-order chi connectivity index (χ1) is 8.97. The lowest BCUT2D eigenvalue weighted by Crippen LogP contribution is -2.25. The summed E-state index contributed by atoms with van der Waals surface area (Å²) < 4.78 is 0. The van der Waals surface area contributed by atoms with Crippen molar-refractivity contribution in [3.8, 4) is 0 Å². The van der Waals surface area contributed by atoms with Gasteiger partial charge in [-0.3, -0.25) is 14.4 Å². The van der Waals surface area contributed by atoms with Gasteiger partial charge in [0.2, 0.25) is 17.7 Å². The molecule has 102 valence electrons. The number of rotatable bonds is 5. The Morgan fingerprint density at radius 1 is 1.00 bits per heavy atom. The van der Waals surface area contributed by atoms with Gasteiger partial charge >= 0.3 is 0 Å². The predicted octanol–water partition coefficient (Wildman–Crippen LogP) is 1.11. The molecule has 6 heteroatoms. The first-order valence-electron chi connectivity index (χ1n) is 5.89. The number of carbonyl (C=O) groups excluding carboxylic acids is 3. The molecule has 0 spiro atoms. The fourth-order valence-electron chi connectivity index (χ4n) is 1.45. The second-order valence-electron chi connectivity index (χ2n) is 4.04. The summed E-state index contributed by atoms with van der Waals surface area (Å²) >= 11 is 0. The minimum Gasteiger partial charge on any atom is -0.356 e. The van der Waals surface area contributed by atoms with E-state index >= 15 is 0 Å². The van der Waals surface area contributed by atoms with Gasteiger partial charge in [0.1, 0.15) is 0 Å². The van der Waals surface area contributed by atoms with Crippen LogP contribution in [0.3, 0.4) is 0 Å². The lowest BCUT2D eigenvalue weighted by Gasteiger charge is -2.08. The van der Waals surface area contributed by atoms with Crippen molar-refractivity contribution in [2.24, 2.45) is 0 Å². The van der Waals surface area contributed by atoms with Crippen LogP contribution in [-0.4, -0.2) is 24.3 Å². The minimum absolute atomic E-state index is 0.166. The number of nitrogens with one attached hydrogen (secondary N) is 3. The summed E-state index contributed by atoms with van der Waals surface area (Å²) in [5.74, 6) is -0.539. The van der Waals surface area contributed by atoms with E-state index in [4.69, 9.17) is 0 Å². The topological polar surface area (TPSA) is 87.3 Å². The highest BCUT2D eigenvalue weighted by Gasteiger charge is 2.03. The molecule has 1 aromatic rings. The summed E-state index contributed by atoms with van der Waals surface area (Å²) in [7, 11) is 0. The molecule has 19 heavy (non-hydrogen) atoms. The lowest BCUT2D eigenvalue weighted by molar-refractivity contribution is -0.119. The molecule has 0 aliphatic carbocycles. The molecule has 1 rings (SSSR count). The molecule has 1 aromatic carbocycles. The maximum absolute atomic E-state index is 11.6. The van der Waals surface area contributed by atoms with Gasteiger partial charge in [-0.1, -0.05) is 6.07 Å². The van der Waals surface area contributed by atoms with Crippen LogP contribution < -0.4 is 16.0 Å². The van der Waals surface area contributed by atoms with Gasteiger partial charge in [-0.2, -0.15) is 0 Å². The van der Waals surface area contributed by atoms with Gasteiger partial charge in [0.05, 0.1) is 0 Å². The molecule has 0 heterocycles. The molecule has 0 bridgehead atoms. The highest BCUT2D eigenvalue weighted by atomic mass is 16.2. The minimum atomic E-state index is -0.200. The zero-order valence-electron chi connectivity index (χ0n) is 10.9. The van der Waals surface area contributed by atoms with Gasteiger partial charge in [0.25, 0.3) is 0 Å². The number of hydrogen-bond donors (Lipinski definition) is 3. The third-order valence-corrected chi connectivity index (χ3v) is 2.19. The SMILES string of the molecule is CC(=O)NCCC(=O)Nc1cccc(NC(C)=O)c1. The average Bonchev–Trinajstić information content (AvgIpc) is 2.27. The molecule has 6 nitrogen and oxygen atoms in total. The van der Waals surface area contributed by atoms with Crippen LogP contribution in [0.15, 0.2) is 24.3 Å². The van der Waals surface area contributed by atoms with Crippen molar-refractivity contribution in [3.05, 3.63) is 24.3 Å². The van der Waals surface area contributed by atoms with Gasteiger partial charge in [-0.25, -0.2) is 0 Å². The Morgan fingerprint density at radius 3 is 2.21 bits per heavy atom. The van der Waals surface area contributed by atoms with Crippen LogP contribution in [0.1, 0.15) is 20.3 Å². The smallest absolute Gasteiger partial charge is 0.226 e. The molecule has 0 saturated carbocycles. The first kappa shape index (κ1) is 14.7. The quantitative estimate of drug-likeness (QED) is 0.743. The van der Waals surface area contributed by atoms with E-state index in [9.17, 15) is 14.4 Å². The molecule has 0 aromatic heterocycles. The number of amides is 3. The van der Waals surface area contributed by atoms with Gasteiger partial charge in [-0.15, -0.1) is 0 Å². The Balaban J connectivity index is 2.49. The molecular weight excluding hydrogens is 246 g/mol. The summed E-state index contributed by atoms with van der Waals surface area (Å²) in [6.45, 7) is 3.11. The maximum Gasteiger partial charge on any atom is 0.226 e. The third-order valence-electron chi connectivity index (χ3n) is 2.19. The van der Waals surface area contributed by atoms with Crippen molar-refractivity contribution in [1.82, 2.24) is 5.32 Å². The van der Waals surface area contributed by atoms with E-state index in [1.165, 1.54) is 13.8 Å². The Morgan fingerprint density at radius 2 is 1.63 bits per heavy atom. The van der Waals surface area contributed by atoms with E-state index in [2.05, 4.69) is 16.0 Å². The van der Waals surface area contributed by atoms with E-state index in [0.717, 1.165) is 0 Å². The van der Waals surface area contributed by atoms with Crippen LogP contribution in [0, 0.1) is 0 Å². The van der Waals surface area contributed by atoms with Crippen LogP contribution in [0.4, 0.5) is 11.4 Å². The fourth-order valence-corrected chi connectivity index (χ4v) is 1.45. The predicted molar refractivity (Wildman–Crippen MR) is 72.7 cm³/mol. The summed E-state index contributed by atoms with van der Waals surface area (Å²) in [4.78, 5) is 33.1. The second kappa shape index (κ2) is 7.15. The van der Waals surface area contributed by atoms with Crippen molar-refractivity contribution < 1.29 is 14.4 Å². The van der Waals surface area contributed by atoms with Crippen molar-refractivity contribution in [2.45, 2.75) is 20.3 Å². The molecule has 0 aliphatic rings. The van der Waals surface area contributed by atoms with Crippen LogP contribution in [0.25, 0.3) is 0 Å². The molecule has 3 amide bonds. The summed E-state index contributed by atoms with van der Waals surface area (Å²) in [6.07, 6.45) is 0.198. The zero-order valence-corrected chi connectivity index (χ0v) is 10.9. The summed E-state index contributed by atoms with van der Waals surface area (Å²) in [6, 6.07) is 6.85. The van der Waals surface area contributed by atoms with Crippen molar-refractivity contribution >= 4 is 29.1 Å². The third kappa shape index (κ3) is 6.21. The number of carbonyl (C=O) groups is 3. The van der Waals surface area contributed by atoms with Crippen LogP contribution >= 0.6 is 0 Å². The molecule has 0 aliphatic heterocycles. The van der Waals surface area contributed by atoms with Crippen LogP contribution in [-0.2, 0) is 14.4 Å². The van der Waals surface area contributed by atoms with E-state index in [-0.39, 0.29) is 24.1 Å². The number of benzene rings is 1. The van der Waals surface area contributed by atoms with Gasteiger partial charge in [0, 0.05) is 38.2 Å². The molecular formula is C13H17N3O3. The Kier molecular flexibility index (Phi) is 5.53. The van der Waals surface area contributed by atoms with Gasteiger partial charge in [0.15, 0.2) is 0 Å². The highest BCUT2D eigenvalue weighted by molar-refractivity contribution is 5.93. The van der Waals surface area contributed by atoms with Gasteiger partial charge in [-0.05, 0) is 18.2 Å². The zero-order chi connectivity index (χ0) is 14.3. The first-order valence-corrected chi connectivity index (χ1v) is 5.89. The molecule has 0 radical (unpaired) electrons. The van der Waals surface area contributed by atoms with E-state index in [1.807, 2.05) is 0 Å². The number of anilines is 2. The van der Waals surface area contributed by atoms with Gasteiger partial charge < -0.3 is 16.0 Å². The Bertz CT molecular complexity index is 486. The van der Waals surface area contributed by atoms with E-state index in [0.29, 0.717) is 17.9 Å². The second-order valence-corrected chi connectivity index (χ2v) is 4.04. The standard InChI is InChI=1S/C13H17N3O3/c1-9(17)14-7-6-13(19)16-12-5-3-4-11(8-12)15-10(2)18/h3-5,8H,6-7H2,1-2H3,(H,14,17)(H,15,18)(H,16,19). The average molecular weight is 263 g/mol. The monoisotopic (exact) mass is 263 g/mol. The molecule has 0 unspecified atom stereocenters. The summed E-state index contributed by atoms with van der Waals surface area (Å²) in [5.41, 5.74) is 1.21.